The molecular formula is C27H32ClNO3. The molecule has 1 aromatic heterocycles. The van der Waals surface area contributed by atoms with Crippen LogP contribution in [0.5, 0.6) is 0 Å². The molecule has 4 aliphatic rings. The van der Waals surface area contributed by atoms with E-state index in [0.717, 1.165) is 56.0 Å². The van der Waals surface area contributed by atoms with Crippen LogP contribution in [-0.2, 0) is 0 Å². The second-order valence-electron chi connectivity index (χ2n) is 10.9. The van der Waals surface area contributed by atoms with Crippen molar-refractivity contribution in [2.75, 3.05) is 0 Å². The predicted molar refractivity (Wildman–Crippen MR) is 126 cm³/mol. The lowest BCUT2D eigenvalue weighted by atomic mass is 9.54. The van der Waals surface area contributed by atoms with Gasteiger partial charge in [-0.2, -0.15) is 0 Å². The van der Waals surface area contributed by atoms with E-state index >= 15 is 0 Å². The van der Waals surface area contributed by atoms with Crippen LogP contribution in [0.4, 0.5) is 0 Å². The van der Waals surface area contributed by atoms with Gasteiger partial charge in [0.15, 0.2) is 11.5 Å². The maximum absolute atomic E-state index is 12.3. The van der Waals surface area contributed by atoms with Gasteiger partial charge < -0.3 is 14.6 Å². The molecule has 0 saturated heterocycles. The molecule has 2 saturated carbocycles. The van der Waals surface area contributed by atoms with Crippen LogP contribution < -0.4 is 0 Å². The smallest absolute Gasteiger partial charge is 0.192 e. The molecule has 6 atom stereocenters. The minimum Gasteiger partial charge on any atom is -0.441 e. The van der Waals surface area contributed by atoms with E-state index in [1.807, 2.05) is 13.0 Å². The van der Waals surface area contributed by atoms with Gasteiger partial charge in [0.05, 0.1) is 16.6 Å². The fourth-order valence-electron chi connectivity index (χ4n) is 7.45. The highest BCUT2D eigenvalue weighted by Gasteiger charge is 2.64. The number of aliphatic hydroxyl groups is 2. The van der Waals surface area contributed by atoms with Crippen LogP contribution in [0.25, 0.3) is 16.7 Å². The van der Waals surface area contributed by atoms with Gasteiger partial charge in [-0.05, 0) is 86.0 Å². The van der Waals surface area contributed by atoms with Crippen molar-refractivity contribution in [1.29, 1.82) is 0 Å². The summed E-state index contributed by atoms with van der Waals surface area (Å²) in [5, 5.41) is 22.6. The Hall–Kier alpha value is -1.62. The van der Waals surface area contributed by atoms with Crippen LogP contribution in [0.3, 0.4) is 0 Å². The number of oxazole rings is 1. The standard InChI is InChI=1S/C27H32ClNO3/c1-16-29-22-14-18(4-7-23(22)32-16)21-6-8-24-25(21,2)11-12-26(28)15-19-13-20(30)5-3-17(19)9-10-27(24,26)31/h4,6-7,14-15,17,20,24,30-31H,3,5,8-13H2,1-2H3/t17?,20?,24?,25?,26?,27-/m0/s1. The lowest BCUT2D eigenvalue weighted by Gasteiger charge is -2.56. The van der Waals surface area contributed by atoms with Crippen LogP contribution in [0.15, 0.2) is 40.3 Å². The summed E-state index contributed by atoms with van der Waals surface area (Å²) in [6, 6.07) is 6.27. The molecule has 1 heterocycles. The Labute approximate surface area is 194 Å². The van der Waals surface area contributed by atoms with E-state index in [9.17, 15) is 10.2 Å². The monoisotopic (exact) mass is 453 g/mol. The Balaban J connectivity index is 1.38. The topological polar surface area (TPSA) is 66.5 Å². The number of benzene rings is 1. The second kappa shape index (κ2) is 6.94. The SMILES string of the molecule is Cc1nc2cc(C3=CCC4C3(C)CCC3(Cl)C=C5CC(O)CCC5CC[C@]43O)ccc2o1. The number of fused-ring (bicyclic) bond motifs is 5. The summed E-state index contributed by atoms with van der Waals surface area (Å²) in [4.78, 5) is 3.77. The van der Waals surface area contributed by atoms with Crippen LogP contribution in [0.1, 0.15) is 69.7 Å². The summed E-state index contributed by atoms with van der Waals surface area (Å²) in [6.07, 6.45) is 11.0. The van der Waals surface area contributed by atoms with Crippen molar-refractivity contribution in [3.8, 4) is 0 Å². The van der Waals surface area contributed by atoms with Crippen molar-refractivity contribution >= 4 is 28.3 Å². The number of allylic oxidation sites excluding steroid dienone is 2. The van der Waals surface area contributed by atoms with Gasteiger partial charge in [-0.3, -0.25) is 0 Å². The lowest BCUT2D eigenvalue weighted by Crippen LogP contribution is -2.61. The summed E-state index contributed by atoms with van der Waals surface area (Å²) in [7, 11) is 0. The van der Waals surface area contributed by atoms with Crippen molar-refractivity contribution < 1.29 is 14.6 Å². The number of rotatable bonds is 1. The zero-order valence-corrected chi connectivity index (χ0v) is 19.7. The molecule has 2 N–H and O–H groups in total. The molecule has 32 heavy (non-hydrogen) atoms. The first-order valence-electron chi connectivity index (χ1n) is 12.1. The number of aryl methyl sites for hydroxylation is 1. The molecule has 0 amide bonds. The summed E-state index contributed by atoms with van der Waals surface area (Å²) < 4.78 is 5.67. The van der Waals surface area contributed by atoms with Gasteiger partial charge in [-0.1, -0.05) is 30.7 Å². The predicted octanol–water partition coefficient (Wildman–Crippen LogP) is 5.93. The average molecular weight is 454 g/mol. The molecule has 5 heteroatoms. The van der Waals surface area contributed by atoms with E-state index < -0.39 is 10.5 Å². The molecule has 0 spiro atoms. The molecule has 2 aromatic rings. The molecular weight excluding hydrogens is 422 g/mol. The van der Waals surface area contributed by atoms with Crippen LogP contribution in [-0.4, -0.2) is 31.8 Å². The van der Waals surface area contributed by atoms with Crippen molar-refractivity contribution in [3.05, 3.63) is 47.4 Å². The largest absolute Gasteiger partial charge is 0.441 e. The van der Waals surface area contributed by atoms with Gasteiger partial charge in [0.25, 0.3) is 0 Å². The number of alkyl halides is 1. The Morgan fingerprint density at radius 3 is 2.84 bits per heavy atom. The van der Waals surface area contributed by atoms with E-state index in [1.165, 1.54) is 16.7 Å². The number of halogens is 1. The molecule has 4 aliphatic carbocycles. The van der Waals surface area contributed by atoms with Crippen LogP contribution >= 0.6 is 11.6 Å². The summed E-state index contributed by atoms with van der Waals surface area (Å²) in [5.41, 5.74) is 4.37. The van der Waals surface area contributed by atoms with E-state index in [1.54, 1.807) is 0 Å². The number of hydrogen-bond acceptors (Lipinski definition) is 4. The third-order valence-corrected chi connectivity index (χ3v) is 9.81. The number of aliphatic hydroxyl groups excluding tert-OH is 1. The van der Waals surface area contributed by atoms with Gasteiger partial charge >= 0.3 is 0 Å². The van der Waals surface area contributed by atoms with E-state index in [4.69, 9.17) is 16.0 Å². The second-order valence-corrected chi connectivity index (χ2v) is 11.6. The number of nitrogens with zero attached hydrogens (tertiary/aromatic N) is 1. The summed E-state index contributed by atoms with van der Waals surface area (Å²) in [6.45, 7) is 4.19. The molecule has 0 aliphatic heterocycles. The summed E-state index contributed by atoms with van der Waals surface area (Å²) in [5.74, 6) is 1.20. The maximum Gasteiger partial charge on any atom is 0.192 e. The zero-order chi connectivity index (χ0) is 22.3. The molecule has 170 valence electrons. The Morgan fingerprint density at radius 2 is 2.00 bits per heavy atom. The Morgan fingerprint density at radius 1 is 1.16 bits per heavy atom. The minimum atomic E-state index is -0.955. The fraction of sp³-hybridized carbons (Fsp3) is 0.593. The molecule has 1 aromatic carbocycles. The summed E-state index contributed by atoms with van der Waals surface area (Å²) >= 11 is 7.34. The van der Waals surface area contributed by atoms with Gasteiger partial charge in [0, 0.05) is 12.8 Å². The Bertz CT molecular complexity index is 1150. The lowest BCUT2D eigenvalue weighted by molar-refractivity contribution is -0.106. The highest BCUT2D eigenvalue weighted by atomic mass is 35.5. The molecule has 0 radical (unpaired) electrons. The van der Waals surface area contributed by atoms with Crippen LogP contribution in [0.2, 0.25) is 0 Å². The van der Waals surface area contributed by atoms with E-state index in [2.05, 4.69) is 36.2 Å². The first-order chi connectivity index (χ1) is 15.2. The third-order valence-electron chi connectivity index (χ3n) is 9.18. The molecule has 6 rings (SSSR count). The highest BCUT2D eigenvalue weighted by Crippen LogP contribution is 2.65. The van der Waals surface area contributed by atoms with Crippen molar-refractivity contribution in [2.45, 2.75) is 81.8 Å². The Kier molecular flexibility index (Phi) is 4.55. The fourth-order valence-corrected chi connectivity index (χ4v) is 7.91. The quantitative estimate of drug-likeness (QED) is 0.415. The maximum atomic E-state index is 12.3. The van der Waals surface area contributed by atoms with Crippen molar-refractivity contribution in [3.63, 3.8) is 0 Å². The first-order valence-corrected chi connectivity index (χ1v) is 12.5. The van der Waals surface area contributed by atoms with Gasteiger partial charge in [-0.25, -0.2) is 4.98 Å². The number of aromatic nitrogens is 1. The first kappa shape index (κ1) is 20.9. The molecule has 0 bridgehead atoms. The zero-order valence-electron chi connectivity index (χ0n) is 18.9. The minimum absolute atomic E-state index is 0.0768. The van der Waals surface area contributed by atoms with Gasteiger partial charge in [0.2, 0.25) is 0 Å². The number of hydrogen-bond donors (Lipinski definition) is 2. The van der Waals surface area contributed by atoms with Gasteiger partial charge in [0.1, 0.15) is 5.52 Å². The van der Waals surface area contributed by atoms with Crippen molar-refractivity contribution in [1.82, 2.24) is 4.98 Å². The van der Waals surface area contributed by atoms with Crippen LogP contribution in [0, 0.1) is 24.2 Å². The molecule has 5 unspecified atom stereocenters. The highest BCUT2D eigenvalue weighted by molar-refractivity contribution is 6.26. The molecule has 2 fully saturated rings. The normalized spacial score (nSPS) is 41.3. The average Bonchev–Trinajstić information content (AvgIpc) is 3.26. The van der Waals surface area contributed by atoms with Crippen molar-refractivity contribution in [2.24, 2.45) is 17.3 Å². The van der Waals surface area contributed by atoms with Gasteiger partial charge in [-0.15, -0.1) is 11.6 Å². The van der Waals surface area contributed by atoms with E-state index in [-0.39, 0.29) is 17.4 Å². The third kappa shape index (κ3) is 2.85. The van der Waals surface area contributed by atoms with E-state index in [0.29, 0.717) is 18.2 Å². The molecule has 4 nitrogen and oxygen atoms in total.